The predicted octanol–water partition coefficient (Wildman–Crippen LogP) is 3.95. The van der Waals surface area contributed by atoms with Crippen LogP contribution < -0.4 is 9.46 Å². The standard InChI is InChI=1S/C19H21F3N2O5S2/c20-19(21,22)29-16-7-11-17(12-8-16)30(25,26)23-15-5-9-18(10-6-15)31(27,28)24-13-3-1-2-4-14-24/h5-12,23H,1-4,13-14H2. The van der Waals surface area contributed by atoms with Crippen molar-refractivity contribution in [2.45, 2.75) is 41.8 Å². The largest absolute Gasteiger partial charge is 0.573 e. The minimum atomic E-state index is -4.88. The average Bonchev–Trinajstić information content (AvgIpc) is 2.97. The van der Waals surface area contributed by atoms with Gasteiger partial charge in [0.05, 0.1) is 9.79 Å². The Morgan fingerprint density at radius 2 is 1.29 bits per heavy atom. The number of alkyl halides is 3. The van der Waals surface area contributed by atoms with Crippen LogP contribution in [-0.2, 0) is 20.0 Å². The van der Waals surface area contributed by atoms with Crippen LogP contribution in [0.5, 0.6) is 5.75 Å². The first kappa shape index (κ1) is 23.4. The lowest BCUT2D eigenvalue weighted by atomic mass is 10.2. The monoisotopic (exact) mass is 478 g/mol. The molecule has 170 valence electrons. The van der Waals surface area contributed by atoms with Gasteiger partial charge in [0.15, 0.2) is 0 Å². The zero-order valence-electron chi connectivity index (χ0n) is 16.3. The molecule has 0 spiro atoms. The molecule has 1 fully saturated rings. The molecule has 1 saturated heterocycles. The minimum Gasteiger partial charge on any atom is -0.406 e. The SMILES string of the molecule is O=S(=O)(Nc1ccc(S(=O)(=O)N2CCCCCC2)cc1)c1ccc(OC(F)(F)F)cc1. The second kappa shape index (κ2) is 9.05. The molecule has 1 heterocycles. The van der Waals surface area contributed by atoms with Gasteiger partial charge >= 0.3 is 6.36 Å². The van der Waals surface area contributed by atoms with E-state index >= 15 is 0 Å². The molecule has 1 aliphatic rings. The fraction of sp³-hybridized carbons (Fsp3) is 0.368. The van der Waals surface area contributed by atoms with Gasteiger partial charge in [-0.25, -0.2) is 16.8 Å². The molecule has 1 aliphatic heterocycles. The van der Waals surface area contributed by atoms with Gasteiger partial charge in [-0.2, -0.15) is 4.31 Å². The highest BCUT2D eigenvalue weighted by Crippen LogP contribution is 2.26. The third-order valence-electron chi connectivity index (χ3n) is 4.68. The molecule has 0 amide bonds. The second-order valence-corrected chi connectivity index (χ2v) is 10.6. The molecule has 3 rings (SSSR count). The number of sulfonamides is 2. The Hall–Kier alpha value is -2.31. The fourth-order valence-corrected chi connectivity index (χ4v) is 5.74. The van der Waals surface area contributed by atoms with Crippen LogP contribution in [0.1, 0.15) is 25.7 Å². The van der Waals surface area contributed by atoms with Crippen LogP contribution in [0.2, 0.25) is 0 Å². The van der Waals surface area contributed by atoms with Crippen LogP contribution >= 0.6 is 0 Å². The number of halogens is 3. The lowest BCUT2D eigenvalue weighted by Crippen LogP contribution is -2.31. The molecular formula is C19H21F3N2O5S2. The number of hydrogen-bond donors (Lipinski definition) is 1. The van der Waals surface area contributed by atoms with Crippen LogP contribution in [-0.4, -0.2) is 40.6 Å². The van der Waals surface area contributed by atoms with E-state index < -0.39 is 32.2 Å². The first-order valence-corrected chi connectivity index (χ1v) is 12.4. The molecule has 0 unspecified atom stereocenters. The Bertz CT molecular complexity index is 1090. The van der Waals surface area contributed by atoms with Gasteiger partial charge in [0.2, 0.25) is 10.0 Å². The molecule has 0 aliphatic carbocycles. The van der Waals surface area contributed by atoms with Crippen LogP contribution in [0.25, 0.3) is 0 Å². The van der Waals surface area contributed by atoms with E-state index in [2.05, 4.69) is 9.46 Å². The minimum absolute atomic E-state index is 0.0611. The Balaban J connectivity index is 1.72. The first-order valence-electron chi connectivity index (χ1n) is 9.46. The van der Waals surface area contributed by atoms with E-state index in [-0.39, 0.29) is 15.5 Å². The Morgan fingerprint density at radius 1 is 0.774 bits per heavy atom. The van der Waals surface area contributed by atoms with Crippen molar-refractivity contribution in [1.82, 2.24) is 4.31 Å². The smallest absolute Gasteiger partial charge is 0.406 e. The Morgan fingerprint density at radius 3 is 1.81 bits per heavy atom. The molecule has 12 heteroatoms. The van der Waals surface area contributed by atoms with Gasteiger partial charge in [-0.15, -0.1) is 13.2 Å². The summed E-state index contributed by atoms with van der Waals surface area (Å²) in [4.78, 5) is -0.214. The van der Waals surface area contributed by atoms with Gasteiger partial charge in [-0.3, -0.25) is 4.72 Å². The summed E-state index contributed by atoms with van der Waals surface area (Å²) in [6, 6.07) is 9.00. The highest BCUT2D eigenvalue weighted by atomic mass is 32.2. The summed E-state index contributed by atoms with van der Waals surface area (Å²) in [5, 5.41) is 0. The molecule has 0 saturated carbocycles. The lowest BCUT2D eigenvalue weighted by molar-refractivity contribution is -0.274. The molecule has 2 aromatic rings. The maximum atomic E-state index is 12.8. The quantitative estimate of drug-likeness (QED) is 0.679. The van der Waals surface area contributed by atoms with E-state index in [0.29, 0.717) is 13.1 Å². The van der Waals surface area contributed by atoms with Gasteiger partial charge in [0, 0.05) is 18.8 Å². The summed E-state index contributed by atoms with van der Waals surface area (Å²) < 4.78 is 94.6. The zero-order valence-corrected chi connectivity index (χ0v) is 17.9. The fourth-order valence-electron chi connectivity index (χ4n) is 3.16. The maximum Gasteiger partial charge on any atom is 0.573 e. The van der Waals surface area contributed by atoms with Crippen LogP contribution in [0.15, 0.2) is 58.3 Å². The van der Waals surface area contributed by atoms with E-state index in [9.17, 15) is 30.0 Å². The van der Waals surface area contributed by atoms with Crippen LogP contribution in [0.3, 0.4) is 0 Å². The third kappa shape index (κ3) is 6.11. The van der Waals surface area contributed by atoms with Gasteiger partial charge in [-0.1, -0.05) is 12.8 Å². The zero-order chi connectivity index (χ0) is 22.7. The summed E-state index contributed by atoms with van der Waals surface area (Å²) in [6.45, 7) is 0.898. The molecule has 7 nitrogen and oxygen atoms in total. The molecule has 31 heavy (non-hydrogen) atoms. The highest BCUT2D eigenvalue weighted by molar-refractivity contribution is 7.92. The lowest BCUT2D eigenvalue weighted by Gasteiger charge is -2.20. The first-order chi connectivity index (χ1) is 14.5. The second-order valence-electron chi connectivity index (χ2n) is 6.97. The van der Waals surface area contributed by atoms with Crippen molar-refractivity contribution in [2.24, 2.45) is 0 Å². The molecule has 0 bridgehead atoms. The topological polar surface area (TPSA) is 92.8 Å². The number of nitrogens with zero attached hydrogens (tertiary/aromatic N) is 1. The van der Waals surface area contributed by atoms with E-state index in [1.807, 2.05) is 0 Å². The number of rotatable bonds is 6. The molecule has 0 radical (unpaired) electrons. The van der Waals surface area contributed by atoms with Crippen LogP contribution in [0, 0.1) is 0 Å². The highest BCUT2D eigenvalue weighted by Gasteiger charge is 2.31. The van der Waals surface area contributed by atoms with Crippen molar-refractivity contribution in [2.75, 3.05) is 17.8 Å². The van der Waals surface area contributed by atoms with Crippen molar-refractivity contribution in [1.29, 1.82) is 0 Å². The summed E-state index contributed by atoms with van der Waals surface area (Å²) >= 11 is 0. The van der Waals surface area contributed by atoms with Gasteiger partial charge < -0.3 is 4.74 Å². The van der Waals surface area contributed by atoms with Gasteiger partial charge in [-0.05, 0) is 61.4 Å². The molecule has 2 aromatic carbocycles. The number of anilines is 1. The Kier molecular flexibility index (Phi) is 6.82. The Labute approximate surface area is 178 Å². The molecule has 1 N–H and O–H groups in total. The maximum absolute atomic E-state index is 12.8. The summed E-state index contributed by atoms with van der Waals surface area (Å²) in [5.41, 5.74) is 0.116. The van der Waals surface area contributed by atoms with E-state index in [1.165, 1.54) is 28.6 Å². The predicted molar refractivity (Wildman–Crippen MR) is 108 cm³/mol. The van der Waals surface area contributed by atoms with Crippen molar-refractivity contribution in [3.05, 3.63) is 48.5 Å². The summed E-state index contributed by atoms with van der Waals surface area (Å²) in [5.74, 6) is -0.547. The summed E-state index contributed by atoms with van der Waals surface area (Å²) in [6.07, 6.45) is -1.33. The average molecular weight is 479 g/mol. The van der Waals surface area contributed by atoms with Crippen LogP contribution in [0.4, 0.5) is 18.9 Å². The van der Waals surface area contributed by atoms with Gasteiger partial charge in [0.25, 0.3) is 10.0 Å². The van der Waals surface area contributed by atoms with Crippen molar-refractivity contribution in [3.63, 3.8) is 0 Å². The van der Waals surface area contributed by atoms with Gasteiger partial charge in [0.1, 0.15) is 5.75 Å². The van der Waals surface area contributed by atoms with E-state index in [1.54, 1.807) is 0 Å². The van der Waals surface area contributed by atoms with Crippen molar-refractivity contribution < 1.29 is 34.7 Å². The summed E-state index contributed by atoms with van der Waals surface area (Å²) in [7, 11) is -7.76. The van der Waals surface area contributed by atoms with Crippen molar-refractivity contribution in [3.8, 4) is 5.75 Å². The number of ether oxygens (including phenoxy) is 1. The van der Waals surface area contributed by atoms with Crippen molar-refractivity contribution >= 4 is 25.7 Å². The normalized spacial score (nSPS) is 16.5. The van der Waals surface area contributed by atoms with E-state index in [0.717, 1.165) is 49.9 Å². The number of nitrogens with one attached hydrogen (secondary N) is 1. The molecule has 0 atom stereocenters. The molecule has 0 aromatic heterocycles. The van der Waals surface area contributed by atoms with E-state index in [4.69, 9.17) is 0 Å². The third-order valence-corrected chi connectivity index (χ3v) is 7.99. The number of hydrogen-bond acceptors (Lipinski definition) is 5. The molecular weight excluding hydrogens is 457 g/mol. The number of benzene rings is 2.